The minimum atomic E-state index is 0.0723. The molecule has 5 nitrogen and oxygen atoms in total. The molecule has 1 heterocycles. The van der Waals surface area contributed by atoms with Crippen molar-refractivity contribution in [1.29, 1.82) is 0 Å². The van der Waals surface area contributed by atoms with Gasteiger partial charge < -0.3 is 14.6 Å². The Morgan fingerprint density at radius 3 is 2.39 bits per heavy atom. The van der Waals surface area contributed by atoms with Gasteiger partial charge in [-0.05, 0) is 72.7 Å². The minimum Gasteiger partial charge on any atom is -0.491 e. The van der Waals surface area contributed by atoms with Crippen molar-refractivity contribution < 1.29 is 9.53 Å². The van der Waals surface area contributed by atoms with E-state index in [2.05, 4.69) is 72.3 Å². The average molecular weight is 546 g/mol. The summed E-state index contributed by atoms with van der Waals surface area (Å²) in [4.78, 5) is 17.4. The Hall–Kier alpha value is -4.38. The molecule has 210 valence electrons. The second-order valence-electron chi connectivity index (χ2n) is 10.6. The Labute approximate surface area is 243 Å². The fourth-order valence-corrected chi connectivity index (χ4v) is 5.20. The lowest BCUT2D eigenvalue weighted by atomic mass is 10.0. The zero-order valence-corrected chi connectivity index (χ0v) is 24.1. The molecule has 0 aliphatic rings. The van der Waals surface area contributed by atoms with E-state index in [9.17, 15) is 4.79 Å². The van der Waals surface area contributed by atoms with Gasteiger partial charge in [-0.25, -0.2) is 4.98 Å². The zero-order valence-electron chi connectivity index (χ0n) is 24.1. The van der Waals surface area contributed by atoms with Crippen LogP contribution in [0, 0.1) is 13.8 Å². The molecule has 5 rings (SSSR count). The Morgan fingerprint density at radius 1 is 0.805 bits per heavy atom. The predicted molar refractivity (Wildman–Crippen MR) is 167 cm³/mol. The molecule has 5 aromatic rings. The molecule has 0 atom stereocenters. The third kappa shape index (κ3) is 7.43. The number of nitrogens with zero attached hydrogens (tertiary/aromatic N) is 2. The molecule has 5 heteroatoms. The number of amides is 1. The minimum absolute atomic E-state index is 0.0723. The van der Waals surface area contributed by atoms with Gasteiger partial charge in [-0.15, -0.1) is 0 Å². The molecule has 4 aromatic carbocycles. The third-order valence-corrected chi connectivity index (χ3v) is 7.69. The van der Waals surface area contributed by atoms with Gasteiger partial charge in [0.25, 0.3) is 0 Å². The zero-order chi connectivity index (χ0) is 28.4. The number of benzene rings is 4. The average Bonchev–Trinajstić information content (AvgIpc) is 3.35. The van der Waals surface area contributed by atoms with E-state index in [0.29, 0.717) is 19.6 Å². The van der Waals surface area contributed by atoms with Crippen LogP contribution < -0.4 is 10.1 Å². The molecule has 0 aliphatic carbocycles. The molecule has 0 saturated carbocycles. The van der Waals surface area contributed by atoms with E-state index in [1.54, 1.807) is 0 Å². The summed E-state index contributed by atoms with van der Waals surface area (Å²) < 4.78 is 8.45. The maximum atomic E-state index is 12.5. The first kappa shape index (κ1) is 28.2. The van der Waals surface area contributed by atoms with Crippen molar-refractivity contribution in [2.75, 3.05) is 13.2 Å². The van der Waals surface area contributed by atoms with Crippen LogP contribution in [-0.4, -0.2) is 28.6 Å². The lowest BCUT2D eigenvalue weighted by Gasteiger charge is -2.13. The second-order valence-corrected chi connectivity index (χ2v) is 10.6. The Kier molecular flexibility index (Phi) is 9.48. The first-order valence-electron chi connectivity index (χ1n) is 14.6. The van der Waals surface area contributed by atoms with E-state index >= 15 is 0 Å². The van der Waals surface area contributed by atoms with Crippen molar-refractivity contribution in [3.63, 3.8) is 0 Å². The number of rotatable bonds is 13. The Bertz CT molecular complexity index is 1570. The smallest absolute Gasteiger partial charge is 0.224 e. The number of carbonyl (C=O) groups is 1. The largest absolute Gasteiger partial charge is 0.491 e. The number of ether oxygens (including phenoxy) is 1. The summed E-state index contributed by atoms with van der Waals surface area (Å²) in [6.45, 7) is 6.26. The maximum absolute atomic E-state index is 12.5. The Balaban J connectivity index is 1.06. The number of hydrogen-bond donors (Lipinski definition) is 1. The first-order chi connectivity index (χ1) is 20.1. The standard InChI is InChI=1S/C36H39N3O2/c1-27-12-11-17-34(28(27)2)41-25-24-39-33-16-9-8-15-32(33)38-35(39)18-7-4-10-23-37-36(40)26-29-19-21-31(22-20-29)30-13-5-3-6-14-30/h3,5-6,8-9,11-17,19-22H,4,7,10,18,23-26H2,1-2H3,(H,37,40). The number of para-hydroxylation sites is 2. The van der Waals surface area contributed by atoms with E-state index in [1.807, 2.05) is 48.5 Å². The topological polar surface area (TPSA) is 56.1 Å². The van der Waals surface area contributed by atoms with Crippen molar-refractivity contribution in [2.45, 2.75) is 52.5 Å². The predicted octanol–water partition coefficient (Wildman–Crippen LogP) is 7.47. The summed E-state index contributed by atoms with van der Waals surface area (Å²) >= 11 is 0. The molecule has 1 aromatic heterocycles. The fourth-order valence-electron chi connectivity index (χ4n) is 5.20. The highest BCUT2D eigenvalue weighted by atomic mass is 16.5. The van der Waals surface area contributed by atoms with Gasteiger partial charge in [-0.1, -0.05) is 85.3 Å². The van der Waals surface area contributed by atoms with Gasteiger partial charge in [0.15, 0.2) is 0 Å². The normalized spacial score (nSPS) is 11.1. The van der Waals surface area contributed by atoms with Crippen LogP contribution in [0.25, 0.3) is 22.2 Å². The molecule has 41 heavy (non-hydrogen) atoms. The molecule has 0 radical (unpaired) electrons. The van der Waals surface area contributed by atoms with Crippen LogP contribution in [0.15, 0.2) is 97.1 Å². The van der Waals surface area contributed by atoms with Crippen molar-refractivity contribution in [3.8, 4) is 16.9 Å². The number of aryl methyl sites for hydroxylation is 2. The van der Waals surface area contributed by atoms with Crippen LogP contribution in [-0.2, 0) is 24.2 Å². The molecule has 0 bridgehead atoms. The quantitative estimate of drug-likeness (QED) is 0.156. The number of imidazole rings is 1. The Morgan fingerprint density at radius 2 is 1.56 bits per heavy atom. The lowest BCUT2D eigenvalue weighted by Crippen LogP contribution is -2.26. The third-order valence-electron chi connectivity index (χ3n) is 7.69. The van der Waals surface area contributed by atoms with Crippen LogP contribution in [0.4, 0.5) is 0 Å². The van der Waals surface area contributed by atoms with Crippen LogP contribution in [0.5, 0.6) is 5.75 Å². The van der Waals surface area contributed by atoms with Gasteiger partial charge in [0.05, 0.1) is 24.0 Å². The maximum Gasteiger partial charge on any atom is 0.224 e. The van der Waals surface area contributed by atoms with Crippen molar-refractivity contribution in [1.82, 2.24) is 14.9 Å². The van der Waals surface area contributed by atoms with Crippen molar-refractivity contribution in [3.05, 3.63) is 120 Å². The molecular formula is C36H39N3O2. The summed E-state index contributed by atoms with van der Waals surface area (Å²) in [7, 11) is 0. The highest BCUT2D eigenvalue weighted by molar-refractivity contribution is 5.79. The number of unbranched alkanes of at least 4 members (excludes halogenated alkanes) is 2. The summed E-state index contributed by atoms with van der Waals surface area (Å²) in [6, 6.07) is 33.0. The molecule has 1 amide bonds. The number of fused-ring (bicyclic) bond motifs is 1. The summed E-state index contributed by atoms with van der Waals surface area (Å²) in [5.41, 5.74) is 7.99. The van der Waals surface area contributed by atoms with Gasteiger partial charge in [0.1, 0.15) is 18.2 Å². The number of aromatic nitrogens is 2. The van der Waals surface area contributed by atoms with Gasteiger partial charge >= 0.3 is 0 Å². The molecule has 0 saturated heterocycles. The van der Waals surface area contributed by atoms with Gasteiger partial charge in [-0.3, -0.25) is 4.79 Å². The summed E-state index contributed by atoms with van der Waals surface area (Å²) in [5.74, 6) is 2.11. The SMILES string of the molecule is Cc1cccc(OCCn2c(CCCCCNC(=O)Cc3ccc(-c4ccccc4)cc3)nc3ccccc32)c1C. The highest BCUT2D eigenvalue weighted by Crippen LogP contribution is 2.22. The van der Waals surface area contributed by atoms with Crippen molar-refractivity contribution in [2.24, 2.45) is 0 Å². The molecular weight excluding hydrogens is 506 g/mol. The van der Waals surface area contributed by atoms with Crippen LogP contribution in [0.3, 0.4) is 0 Å². The number of hydrogen-bond acceptors (Lipinski definition) is 3. The monoisotopic (exact) mass is 545 g/mol. The molecule has 1 N–H and O–H groups in total. The first-order valence-corrected chi connectivity index (χ1v) is 14.6. The van der Waals surface area contributed by atoms with E-state index in [4.69, 9.17) is 9.72 Å². The van der Waals surface area contributed by atoms with E-state index in [1.165, 1.54) is 16.7 Å². The highest BCUT2D eigenvalue weighted by Gasteiger charge is 2.11. The lowest BCUT2D eigenvalue weighted by molar-refractivity contribution is -0.120. The molecule has 0 aliphatic heterocycles. The summed E-state index contributed by atoms with van der Waals surface area (Å²) in [6.07, 6.45) is 4.32. The van der Waals surface area contributed by atoms with Gasteiger partial charge in [-0.2, -0.15) is 0 Å². The van der Waals surface area contributed by atoms with E-state index in [0.717, 1.165) is 66.0 Å². The summed E-state index contributed by atoms with van der Waals surface area (Å²) in [5, 5.41) is 3.08. The van der Waals surface area contributed by atoms with Crippen molar-refractivity contribution >= 4 is 16.9 Å². The number of carbonyl (C=O) groups excluding carboxylic acids is 1. The van der Waals surface area contributed by atoms with E-state index < -0.39 is 0 Å². The van der Waals surface area contributed by atoms with E-state index in [-0.39, 0.29) is 5.91 Å². The fraction of sp³-hybridized carbons (Fsp3) is 0.278. The van der Waals surface area contributed by atoms with Gasteiger partial charge in [0, 0.05) is 13.0 Å². The van der Waals surface area contributed by atoms with Gasteiger partial charge in [0.2, 0.25) is 5.91 Å². The molecule has 0 spiro atoms. The van der Waals surface area contributed by atoms with Crippen LogP contribution in [0.1, 0.15) is 41.8 Å². The molecule has 0 fully saturated rings. The number of nitrogens with one attached hydrogen (secondary N) is 1. The van der Waals surface area contributed by atoms with Crippen LogP contribution in [0.2, 0.25) is 0 Å². The molecule has 0 unspecified atom stereocenters. The van der Waals surface area contributed by atoms with Crippen LogP contribution >= 0.6 is 0 Å². The second kappa shape index (κ2) is 13.8.